The fourth-order valence-corrected chi connectivity index (χ4v) is 2.80. The summed E-state index contributed by atoms with van der Waals surface area (Å²) >= 11 is 6.15. The van der Waals surface area contributed by atoms with Crippen molar-refractivity contribution in [2.75, 3.05) is 20.8 Å². The van der Waals surface area contributed by atoms with Crippen LogP contribution in [0.25, 0.3) is 0 Å². The normalized spacial score (nSPS) is 10.0. The zero-order valence-corrected chi connectivity index (χ0v) is 16.1. The largest absolute Gasteiger partial charge is 0.493 e. The molecule has 0 heterocycles. The molecule has 0 atom stereocenters. The maximum Gasteiger partial charge on any atom is 0.311 e. The molecule has 27 heavy (non-hydrogen) atoms. The molecular formula is C20H20ClNO5. The topological polar surface area (TPSA) is 77.8 Å². The van der Waals surface area contributed by atoms with E-state index in [1.54, 1.807) is 27.2 Å². The summed E-state index contributed by atoms with van der Waals surface area (Å²) in [6, 6.07) is 10.4. The summed E-state index contributed by atoms with van der Waals surface area (Å²) in [6.07, 6.45) is 0.502. The van der Waals surface area contributed by atoms with Crippen LogP contribution in [0.15, 0.2) is 30.3 Å². The van der Waals surface area contributed by atoms with E-state index in [4.69, 9.17) is 35.8 Å². The van der Waals surface area contributed by atoms with Gasteiger partial charge in [0.15, 0.2) is 23.0 Å². The monoisotopic (exact) mass is 389 g/mol. The standard InChI is InChI=1S/C20H20ClNO5/c1-4-26-17-11-13(12-22)10-15(21)20(17)27-18(23)9-8-14-6-5-7-16(24-2)19(14)25-3/h5-7,10-11H,4,8-9H2,1-3H3. The van der Waals surface area contributed by atoms with Gasteiger partial charge in [-0.15, -0.1) is 0 Å². The third-order valence-electron chi connectivity index (χ3n) is 3.74. The molecule has 0 N–H and O–H groups in total. The van der Waals surface area contributed by atoms with Gasteiger partial charge in [0.05, 0.1) is 43.9 Å². The van der Waals surface area contributed by atoms with Crippen LogP contribution in [0.1, 0.15) is 24.5 Å². The number of hydrogen-bond donors (Lipinski definition) is 0. The zero-order chi connectivity index (χ0) is 19.8. The van der Waals surface area contributed by atoms with E-state index in [0.717, 1.165) is 5.56 Å². The number of rotatable bonds is 8. The van der Waals surface area contributed by atoms with Crippen LogP contribution in [0, 0.1) is 11.3 Å². The Bertz CT molecular complexity index is 860. The first-order chi connectivity index (χ1) is 13.0. The van der Waals surface area contributed by atoms with Crippen molar-refractivity contribution in [2.24, 2.45) is 0 Å². The maximum absolute atomic E-state index is 12.3. The lowest BCUT2D eigenvalue weighted by Gasteiger charge is -2.14. The van der Waals surface area contributed by atoms with Crippen LogP contribution in [0.5, 0.6) is 23.0 Å². The number of methoxy groups -OCH3 is 2. The molecule has 0 saturated heterocycles. The Balaban J connectivity index is 2.14. The Labute approximate surface area is 163 Å². The predicted octanol–water partition coefficient (Wildman–Crippen LogP) is 4.17. The number of carbonyl (C=O) groups is 1. The zero-order valence-electron chi connectivity index (χ0n) is 15.4. The minimum Gasteiger partial charge on any atom is -0.493 e. The summed E-state index contributed by atoms with van der Waals surface area (Å²) in [5.74, 6) is 1.07. The van der Waals surface area contributed by atoms with Gasteiger partial charge in [0.1, 0.15) is 0 Å². The number of para-hydroxylation sites is 1. The molecule has 2 aromatic rings. The Kier molecular flexibility index (Phi) is 7.33. The molecule has 0 aliphatic rings. The molecule has 0 saturated carbocycles. The highest BCUT2D eigenvalue weighted by molar-refractivity contribution is 6.32. The maximum atomic E-state index is 12.3. The quantitative estimate of drug-likeness (QED) is 0.498. The number of ether oxygens (including phenoxy) is 4. The van der Waals surface area contributed by atoms with Gasteiger partial charge >= 0.3 is 5.97 Å². The van der Waals surface area contributed by atoms with Crippen molar-refractivity contribution < 1.29 is 23.7 Å². The van der Waals surface area contributed by atoms with Crippen LogP contribution < -0.4 is 18.9 Å². The number of benzene rings is 2. The summed E-state index contributed by atoms with van der Waals surface area (Å²) in [5.41, 5.74) is 1.15. The van der Waals surface area contributed by atoms with Crippen LogP contribution in [0.4, 0.5) is 0 Å². The molecule has 0 bridgehead atoms. The van der Waals surface area contributed by atoms with Crippen molar-refractivity contribution >= 4 is 17.6 Å². The van der Waals surface area contributed by atoms with Crippen molar-refractivity contribution in [3.05, 3.63) is 46.5 Å². The van der Waals surface area contributed by atoms with Crippen LogP contribution in [-0.2, 0) is 11.2 Å². The second-order valence-electron chi connectivity index (χ2n) is 5.46. The molecule has 142 valence electrons. The van der Waals surface area contributed by atoms with Gasteiger partial charge in [0, 0.05) is 6.07 Å². The predicted molar refractivity (Wildman–Crippen MR) is 101 cm³/mol. The van der Waals surface area contributed by atoms with E-state index < -0.39 is 5.97 Å². The van der Waals surface area contributed by atoms with E-state index in [-0.39, 0.29) is 22.9 Å². The van der Waals surface area contributed by atoms with Gasteiger partial charge in [-0.25, -0.2) is 0 Å². The Morgan fingerprint density at radius 1 is 1.15 bits per heavy atom. The molecule has 0 aromatic heterocycles. The van der Waals surface area contributed by atoms with E-state index in [0.29, 0.717) is 30.1 Å². The van der Waals surface area contributed by atoms with Crippen molar-refractivity contribution in [3.63, 3.8) is 0 Å². The first-order valence-electron chi connectivity index (χ1n) is 8.31. The second kappa shape index (κ2) is 9.70. The fraction of sp³-hybridized carbons (Fsp3) is 0.300. The molecule has 2 aromatic carbocycles. The van der Waals surface area contributed by atoms with Crippen molar-refractivity contribution in [2.45, 2.75) is 19.8 Å². The number of aryl methyl sites for hydroxylation is 1. The number of carbonyl (C=O) groups excluding carboxylic acids is 1. The number of esters is 1. The molecule has 0 radical (unpaired) electrons. The second-order valence-corrected chi connectivity index (χ2v) is 5.86. The number of hydrogen-bond acceptors (Lipinski definition) is 6. The Morgan fingerprint density at radius 3 is 2.56 bits per heavy atom. The van der Waals surface area contributed by atoms with Crippen LogP contribution in [-0.4, -0.2) is 26.8 Å². The first-order valence-corrected chi connectivity index (χ1v) is 8.68. The van der Waals surface area contributed by atoms with E-state index in [1.807, 2.05) is 18.2 Å². The van der Waals surface area contributed by atoms with E-state index in [9.17, 15) is 4.79 Å². The molecule has 0 unspecified atom stereocenters. The van der Waals surface area contributed by atoms with Crippen molar-refractivity contribution in [1.29, 1.82) is 5.26 Å². The minimum absolute atomic E-state index is 0.103. The van der Waals surface area contributed by atoms with Crippen LogP contribution in [0.3, 0.4) is 0 Å². The van der Waals surface area contributed by atoms with Gasteiger partial charge in [-0.1, -0.05) is 23.7 Å². The Hall–Kier alpha value is -2.91. The SMILES string of the molecule is CCOc1cc(C#N)cc(Cl)c1OC(=O)CCc1cccc(OC)c1OC. The lowest BCUT2D eigenvalue weighted by molar-refractivity contribution is -0.134. The van der Waals surface area contributed by atoms with Gasteiger partial charge in [0.2, 0.25) is 0 Å². The summed E-state index contributed by atoms with van der Waals surface area (Å²) in [4.78, 5) is 12.3. The summed E-state index contributed by atoms with van der Waals surface area (Å²) in [5, 5.41) is 9.18. The van der Waals surface area contributed by atoms with Gasteiger partial charge in [-0.05, 0) is 31.0 Å². The van der Waals surface area contributed by atoms with Crippen LogP contribution in [0.2, 0.25) is 5.02 Å². The molecule has 0 fully saturated rings. The average molecular weight is 390 g/mol. The molecule has 0 spiro atoms. The fourth-order valence-electron chi connectivity index (χ4n) is 2.55. The lowest BCUT2D eigenvalue weighted by Crippen LogP contribution is -2.11. The van der Waals surface area contributed by atoms with E-state index >= 15 is 0 Å². The third kappa shape index (κ3) is 5.05. The molecular weight excluding hydrogens is 370 g/mol. The number of nitrogens with zero attached hydrogens (tertiary/aromatic N) is 1. The van der Waals surface area contributed by atoms with Gasteiger partial charge in [-0.2, -0.15) is 5.26 Å². The lowest BCUT2D eigenvalue weighted by atomic mass is 10.1. The number of halogens is 1. The van der Waals surface area contributed by atoms with Crippen LogP contribution >= 0.6 is 11.6 Å². The van der Waals surface area contributed by atoms with Crippen molar-refractivity contribution in [1.82, 2.24) is 0 Å². The van der Waals surface area contributed by atoms with Gasteiger partial charge in [-0.3, -0.25) is 4.79 Å². The molecule has 7 heteroatoms. The average Bonchev–Trinajstić information content (AvgIpc) is 2.68. The highest BCUT2D eigenvalue weighted by atomic mass is 35.5. The van der Waals surface area contributed by atoms with E-state index in [2.05, 4.69) is 0 Å². The first kappa shape index (κ1) is 20.4. The molecule has 2 rings (SSSR count). The van der Waals surface area contributed by atoms with Crippen molar-refractivity contribution in [3.8, 4) is 29.1 Å². The summed E-state index contributed by atoms with van der Waals surface area (Å²) in [7, 11) is 3.10. The Morgan fingerprint density at radius 2 is 1.93 bits per heavy atom. The minimum atomic E-state index is -0.479. The third-order valence-corrected chi connectivity index (χ3v) is 4.02. The summed E-state index contributed by atoms with van der Waals surface area (Å²) < 4.78 is 21.5. The van der Waals surface area contributed by atoms with E-state index in [1.165, 1.54) is 12.1 Å². The molecule has 0 amide bonds. The van der Waals surface area contributed by atoms with Gasteiger partial charge in [0.25, 0.3) is 0 Å². The molecule has 0 aliphatic carbocycles. The molecule has 0 aliphatic heterocycles. The highest BCUT2D eigenvalue weighted by Crippen LogP contribution is 2.37. The highest BCUT2D eigenvalue weighted by Gasteiger charge is 2.18. The van der Waals surface area contributed by atoms with Gasteiger partial charge < -0.3 is 18.9 Å². The smallest absolute Gasteiger partial charge is 0.311 e. The molecule has 6 nitrogen and oxygen atoms in total. The summed E-state index contributed by atoms with van der Waals surface area (Å²) in [6.45, 7) is 2.13. The number of nitriles is 1.